The lowest BCUT2D eigenvalue weighted by Gasteiger charge is -2.27. The molecule has 0 radical (unpaired) electrons. The molecule has 0 N–H and O–H groups in total. The van der Waals surface area contributed by atoms with Gasteiger partial charge in [0.15, 0.2) is 0 Å². The summed E-state index contributed by atoms with van der Waals surface area (Å²) in [6, 6.07) is 62.8. The average molecular weight is 648 g/mol. The lowest BCUT2D eigenvalue weighted by Crippen LogP contribution is -2.10. The fourth-order valence-electron chi connectivity index (χ4n) is 7.06. The van der Waals surface area contributed by atoms with Crippen molar-refractivity contribution in [2.24, 2.45) is 0 Å². The van der Waals surface area contributed by atoms with Crippen LogP contribution in [0.4, 0.5) is 21.5 Å². The third-order valence-electron chi connectivity index (χ3n) is 9.35. The average Bonchev–Trinajstić information content (AvgIpc) is 3.56. The Hall–Kier alpha value is -6.03. The molecule has 1 aromatic heterocycles. The number of hydrogen-bond acceptors (Lipinski definition) is 2. The standard InChI is InChI=1S/C46H30FNS/c47-42-29-28-37(40-20-10-19-38(45(40)42)33-14-5-2-6-15-33)34-16-9-17-36(30-34)48(35-26-24-32(25-27-35)31-12-3-1-4-13-31)43-22-11-21-41-39-18-7-8-23-44(39)49-46(41)43/h1-30H. The summed E-state index contributed by atoms with van der Waals surface area (Å²) >= 11 is 1.83. The number of halogens is 1. The quantitative estimate of drug-likeness (QED) is 0.174. The molecule has 8 aromatic carbocycles. The summed E-state index contributed by atoms with van der Waals surface area (Å²) in [6.07, 6.45) is 0. The van der Waals surface area contributed by atoms with Gasteiger partial charge in [-0.25, -0.2) is 4.39 Å². The Morgan fingerprint density at radius 1 is 0.408 bits per heavy atom. The lowest BCUT2D eigenvalue weighted by molar-refractivity contribution is 0.640. The number of rotatable bonds is 6. The van der Waals surface area contributed by atoms with E-state index in [1.807, 2.05) is 72.0 Å². The summed E-state index contributed by atoms with van der Waals surface area (Å²) in [5.74, 6) is -0.217. The molecule has 1 nitrogen and oxygen atoms in total. The second-order valence-corrected chi connectivity index (χ2v) is 13.3. The molecule has 0 fully saturated rings. The second-order valence-electron chi connectivity index (χ2n) is 12.2. The predicted molar refractivity (Wildman–Crippen MR) is 208 cm³/mol. The third kappa shape index (κ3) is 5.16. The summed E-state index contributed by atoms with van der Waals surface area (Å²) in [6.45, 7) is 0. The van der Waals surface area contributed by atoms with Crippen LogP contribution in [-0.4, -0.2) is 0 Å². The first-order valence-electron chi connectivity index (χ1n) is 16.5. The van der Waals surface area contributed by atoms with Gasteiger partial charge in [-0.1, -0.05) is 140 Å². The van der Waals surface area contributed by atoms with E-state index >= 15 is 4.39 Å². The van der Waals surface area contributed by atoms with Gasteiger partial charge < -0.3 is 4.90 Å². The molecule has 49 heavy (non-hydrogen) atoms. The molecule has 0 saturated carbocycles. The Kier molecular flexibility index (Phi) is 7.26. The van der Waals surface area contributed by atoms with Crippen molar-refractivity contribution in [2.45, 2.75) is 0 Å². The number of benzene rings is 8. The van der Waals surface area contributed by atoms with Crippen molar-refractivity contribution < 1.29 is 4.39 Å². The third-order valence-corrected chi connectivity index (χ3v) is 10.6. The van der Waals surface area contributed by atoms with E-state index in [1.54, 1.807) is 6.07 Å². The van der Waals surface area contributed by atoms with E-state index in [0.29, 0.717) is 5.39 Å². The van der Waals surface area contributed by atoms with Crippen LogP contribution in [0.15, 0.2) is 182 Å². The Morgan fingerprint density at radius 2 is 1.04 bits per heavy atom. The van der Waals surface area contributed by atoms with Crippen LogP contribution in [0.5, 0.6) is 0 Å². The maximum atomic E-state index is 15.7. The summed E-state index contributed by atoms with van der Waals surface area (Å²) in [4.78, 5) is 2.36. The summed E-state index contributed by atoms with van der Waals surface area (Å²) < 4.78 is 18.2. The molecule has 0 atom stereocenters. The minimum Gasteiger partial charge on any atom is -0.309 e. The van der Waals surface area contributed by atoms with Crippen LogP contribution in [0.25, 0.3) is 64.3 Å². The van der Waals surface area contributed by atoms with Crippen molar-refractivity contribution in [1.82, 2.24) is 0 Å². The monoisotopic (exact) mass is 647 g/mol. The highest BCUT2D eigenvalue weighted by Crippen LogP contribution is 2.46. The number of nitrogens with zero attached hydrogens (tertiary/aromatic N) is 1. The molecule has 9 aromatic rings. The predicted octanol–water partition coefficient (Wildman–Crippen LogP) is 13.8. The molecule has 0 aliphatic heterocycles. The highest BCUT2D eigenvalue weighted by atomic mass is 32.1. The molecule has 1 heterocycles. The highest BCUT2D eigenvalue weighted by molar-refractivity contribution is 7.26. The van der Waals surface area contributed by atoms with E-state index in [0.717, 1.165) is 44.7 Å². The fraction of sp³-hybridized carbons (Fsp3) is 0. The van der Waals surface area contributed by atoms with Gasteiger partial charge in [0.25, 0.3) is 0 Å². The van der Waals surface area contributed by atoms with Crippen LogP contribution in [-0.2, 0) is 0 Å². The minimum atomic E-state index is -0.217. The molecule has 232 valence electrons. The van der Waals surface area contributed by atoms with Gasteiger partial charge in [0.1, 0.15) is 5.82 Å². The van der Waals surface area contributed by atoms with Crippen molar-refractivity contribution in [3.63, 3.8) is 0 Å². The van der Waals surface area contributed by atoms with Crippen LogP contribution in [0.1, 0.15) is 0 Å². The first kappa shape index (κ1) is 29.1. The van der Waals surface area contributed by atoms with Gasteiger partial charge in [-0.05, 0) is 81.2 Å². The molecule has 3 heteroatoms. The zero-order valence-electron chi connectivity index (χ0n) is 26.6. The summed E-state index contributed by atoms with van der Waals surface area (Å²) in [7, 11) is 0. The Labute approximate surface area is 288 Å². The van der Waals surface area contributed by atoms with E-state index in [4.69, 9.17) is 0 Å². The largest absolute Gasteiger partial charge is 0.309 e. The highest BCUT2D eigenvalue weighted by Gasteiger charge is 2.20. The van der Waals surface area contributed by atoms with Crippen LogP contribution in [0.2, 0.25) is 0 Å². The molecule has 0 amide bonds. The van der Waals surface area contributed by atoms with Crippen molar-refractivity contribution >= 4 is 59.3 Å². The Morgan fingerprint density at radius 3 is 1.86 bits per heavy atom. The fourth-order valence-corrected chi connectivity index (χ4v) is 8.26. The molecular weight excluding hydrogens is 618 g/mol. The van der Waals surface area contributed by atoms with E-state index in [1.165, 1.54) is 31.3 Å². The van der Waals surface area contributed by atoms with Crippen molar-refractivity contribution in [3.8, 4) is 33.4 Å². The minimum absolute atomic E-state index is 0.217. The molecule has 9 rings (SSSR count). The molecule has 0 spiro atoms. The number of hydrogen-bond donors (Lipinski definition) is 0. The topological polar surface area (TPSA) is 3.24 Å². The van der Waals surface area contributed by atoms with Gasteiger partial charge in [0.2, 0.25) is 0 Å². The number of anilines is 3. The maximum absolute atomic E-state index is 15.7. The Balaban J connectivity index is 1.24. The van der Waals surface area contributed by atoms with Crippen molar-refractivity contribution in [1.29, 1.82) is 0 Å². The molecule has 0 aliphatic carbocycles. The van der Waals surface area contributed by atoms with Crippen LogP contribution in [0, 0.1) is 5.82 Å². The van der Waals surface area contributed by atoms with E-state index < -0.39 is 0 Å². The van der Waals surface area contributed by atoms with E-state index in [-0.39, 0.29) is 5.82 Å². The molecule has 0 aliphatic rings. The number of fused-ring (bicyclic) bond motifs is 4. The van der Waals surface area contributed by atoms with Gasteiger partial charge in [0.05, 0.1) is 10.4 Å². The van der Waals surface area contributed by atoms with E-state index in [9.17, 15) is 0 Å². The zero-order valence-corrected chi connectivity index (χ0v) is 27.4. The lowest BCUT2D eigenvalue weighted by atomic mass is 9.92. The van der Waals surface area contributed by atoms with E-state index in [2.05, 4.69) is 120 Å². The molecule has 0 saturated heterocycles. The van der Waals surface area contributed by atoms with Gasteiger partial charge in [-0.3, -0.25) is 0 Å². The van der Waals surface area contributed by atoms with Gasteiger partial charge in [-0.15, -0.1) is 11.3 Å². The first-order chi connectivity index (χ1) is 24.2. The SMILES string of the molecule is Fc1ccc(-c2cccc(N(c3ccc(-c4ccccc4)cc3)c3cccc4c3sc3ccccc34)c2)c2cccc(-c3ccccc3)c12. The first-order valence-corrected chi connectivity index (χ1v) is 17.3. The maximum Gasteiger partial charge on any atom is 0.131 e. The normalized spacial score (nSPS) is 11.4. The summed E-state index contributed by atoms with van der Waals surface area (Å²) in [5, 5.41) is 4.05. The van der Waals surface area contributed by atoms with Crippen LogP contribution in [0.3, 0.4) is 0 Å². The summed E-state index contributed by atoms with van der Waals surface area (Å²) in [5.41, 5.74) is 9.50. The van der Waals surface area contributed by atoms with Gasteiger partial charge >= 0.3 is 0 Å². The molecule has 0 bridgehead atoms. The molecular formula is C46H30FNS. The zero-order chi connectivity index (χ0) is 32.7. The molecule has 0 unspecified atom stereocenters. The second kappa shape index (κ2) is 12.2. The van der Waals surface area contributed by atoms with Gasteiger partial charge in [0, 0.05) is 32.2 Å². The Bertz CT molecular complexity index is 2610. The number of thiophene rings is 1. The van der Waals surface area contributed by atoms with Crippen molar-refractivity contribution in [2.75, 3.05) is 4.90 Å². The van der Waals surface area contributed by atoms with Crippen molar-refractivity contribution in [3.05, 3.63) is 188 Å². The van der Waals surface area contributed by atoms with Crippen LogP contribution >= 0.6 is 11.3 Å². The van der Waals surface area contributed by atoms with Crippen LogP contribution < -0.4 is 4.90 Å². The van der Waals surface area contributed by atoms with Gasteiger partial charge in [-0.2, -0.15) is 0 Å². The smallest absolute Gasteiger partial charge is 0.131 e.